The summed E-state index contributed by atoms with van der Waals surface area (Å²) in [6.07, 6.45) is 1.52. The predicted octanol–water partition coefficient (Wildman–Crippen LogP) is 3.75. The number of methoxy groups -OCH3 is 1. The highest BCUT2D eigenvalue weighted by Gasteiger charge is 2.21. The molecular formula is C18H16N2O4. The molecule has 0 N–H and O–H groups in total. The monoisotopic (exact) mass is 324 g/mol. The molecule has 0 saturated heterocycles. The number of aromatic nitrogens is 2. The lowest BCUT2D eigenvalue weighted by molar-refractivity contribution is 0.407. The van der Waals surface area contributed by atoms with Crippen LogP contribution in [-0.4, -0.2) is 17.3 Å². The van der Waals surface area contributed by atoms with Crippen LogP contribution in [0.2, 0.25) is 0 Å². The third-order valence-corrected chi connectivity index (χ3v) is 4.22. The van der Waals surface area contributed by atoms with Crippen LogP contribution in [0.5, 0.6) is 5.75 Å². The number of para-hydroxylation sites is 1. The minimum Gasteiger partial charge on any atom is -0.493 e. The van der Waals surface area contributed by atoms with Crippen LogP contribution < -0.4 is 10.4 Å². The molecule has 0 fully saturated rings. The molecule has 4 rings (SSSR count). The van der Waals surface area contributed by atoms with Gasteiger partial charge in [0.2, 0.25) is 0 Å². The van der Waals surface area contributed by atoms with E-state index in [4.69, 9.17) is 13.7 Å². The minimum atomic E-state index is -0.416. The summed E-state index contributed by atoms with van der Waals surface area (Å²) in [6.45, 7) is 3.88. The maximum absolute atomic E-state index is 12.7. The van der Waals surface area contributed by atoms with E-state index in [2.05, 4.69) is 10.1 Å². The van der Waals surface area contributed by atoms with Crippen LogP contribution in [0, 0.1) is 6.92 Å². The SMILES string of the molecule is CCCc1nc2onc(C)c2c2c1c(=O)oc1c(OC)cccc12. The zero-order chi connectivity index (χ0) is 16.8. The van der Waals surface area contributed by atoms with E-state index in [9.17, 15) is 4.79 Å². The first kappa shape index (κ1) is 14.7. The van der Waals surface area contributed by atoms with Gasteiger partial charge in [-0.3, -0.25) is 0 Å². The summed E-state index contributed by atoms with van der Waals surface area (Å²) in [4.78, 5) is 17.2. The highest BCUT2D eigenvalue weighted by atomic mass is 16.5. The molecule has 6 heteroatoms. The second kappa shape index (κ2) is 5.33. The lowest BCUT2D eigenvalue weighted by atomic mass is 10.0. The fourth-order valence-corrected chi connectivity index (χ4v) is 3.20. The Morgan fingerprint density at radius 3 is 2.79 bits per heavy atom. The first-order chi connectivity index (χ1) is 11.7. The average molecular weight is 324 g/mol. The molecule has 122 valence electrons. The number of nitrogens with zero attached hydrogens (tertiary/aromatic N) is 2. The number of aryl methyl sites for hydroxylation is 2. The van der Waals surface area contributed by atoms with Crippen LogP contribution in [0.25, 0.3) is 32.8 Å². The number of pyridine rings is 1. The largest absolute Gasteiger partial charge is 0.493 e. The topological polar surface area (TPSA) is 78.4 Å². The molecule has 6 nitrogen and oxygen atoms in total. The molecule has 24 heavy (non-hydrogen) atoms. The molecule has 0 amide bonds. The quantitative estimate of drug-likeness (QED) is 0.422. The Hall–Kier alpha value is -2.89. The van der Waals surface area contributed by atoms with E-state index >= 15 is 0 Å². The normalized spacial score (nSPS) is 11.6. The van der Waals surface area contributed by atoms with Crippen LogP contribution in [0.1, 0.15) is 24.7 Å². The summed E-state index contributed by atoms with van der Waals surface area (Å²) in [5, 5.41) is 6.83. The van der Waals surface area contributed by atoms with Gasteiger partial charge in [-0.15, -0.1) is 0 Å². The Balaban J connectivity index is 2.36. The first-order valence-corrected chi connectivity index (χ1v) is 7.84. The van der Waals surface area contributed by atoms with Crippen molar-refractivity contribution in [3.63, 3.8) is 0 Å². The van der Waals surface area contributed by atoms with E-state index in [-0.39, 0.29) is 0 Å². The molecule has 3 aromatic heterocycles. The van der Waals surface area contributed by atoms with Crippen LogP contribution in [0.3, 0.4) is 0 Å². The third-order valence-electron chi connectivity index (χ3n) is 4.22. The van der Waals surface area contributed by atoms with Gasteiger partial charge in [0, 0.05) is 10.8 Å². The third kappa shape index (κ3) is 1.92. The van der Waals surface area contributed by atoms with Crippen molar-refractivity contribution in [3.05, 3.63) is 40.0 Å². The van der Waals surface area contributed by atoms with Crippen LogP contribution in [0.4, 0.5) is 0 Å². The summed E-state index contributed by atoms with van der Waals surface area (Å²) < 4.78 is 16.3. The molecule has 0 unspecified atom stereocenters. The van der Waals surface area contributed by atoms with Gasteiger partial charge < -0.3 is 13.7 Å². The zero-order valence-electron chi connectivity index (χ0n) is 13.7. The zero-order valence-corrected chi connectivity index (χ0v) is 13.7. The van der Waals surface area contributed by atoms with Gasteiger partial charge >= 0.3 is 5.63 Å². The second-order valence-corrected chi connectivity index (χ2v) is 5.73. The van der Waals surface area contributed by atoms with Gasteiger partial charge in [0.15, 0.2) is 11.3 Å². The van der Waals surface area contributed by atoms with Crippen molar-refractivity contribution in [2.75, 3.05) is 7.11 Å². The van der Waals surface area contributed by atoms with Gasteiger partial charge in [-0.25, -0.2) is 9.78 Å². The fraction of sp³-hybridized carbons (Fsp3) is 0.278. The number of rotatable bonds is 3. The fourth-order valence-electron chi connectivity index (χ4n) is 3.20. The summed E-state index contributed by atoms with van der Waals surface area (Å²) >= 11 is 0. The van der Waals surface area contributed by atoms with Crippen molar-refractivity contribution in [1.29, 1.82) is 0 Å². The van der Waals surface area contributed by atoms with Crippen molar-refractivity contribution in [2.45, 2.75) is 26.7 Å². The average Bonchev–Trinajstić information content (AvgIpc) is 2.95. The standard InChI is InChI=1S/C18H16N2O4/c1-4-6-11-15-14(13-9(2)20-24-17(13)19-11)10-7-5-8-12(22-3)16(10)23-18(15)21/h5,7-8H,4,6H2,1-3H3. The second-order valence-electron chi connectivity index (χ2n) is 5.73. The highest BCUT2D eigenvalue weighted by molar-refractivity contribution is 6.18. The first-order valence-electron chi connectivity index (χ1n) is 7.84. The molecule has 1 aromatic carbocycles. The van der Waals surface area contributed by atoms with Crippen molar-refractivity contribution in [1.82, 2.24) is 10.1 Å². The van der Waals surface area contributed by atoms with E-state index in [0.717, 1.165) is 22.6 Å². The molecule has 3 heterocycles. The molecule has 0 aliphatic rings. The Bertz CT molecular complexity index is 1140. The van der Waals surface area contributed by atoms with Gasteiger partial charge in [-0.1, -0.05) is 30.6 Å². The summed E-state index contributed by atoms with van der Waals surface area (Å²) in [5.41, 5.74) is 1.82. The van der Waals surface area contributed by atoms with Gasteiger partial charge in [0.1, 0.15) is 0 Å². The lowest BCUT2D eigenvalue weighted by Crippen LogP contribution is -2.06. The Morgan fingerprint density at radius 1 is 1.21 bits per heavy atom. The van der Waals surface area contributed by atoms with E-state index in [1.165, 1.54) is 0 Å². The van der Waals surface area contributed by atoms with Gasteiger partial charge in [0.05, 0.1) is 29.3 Å². The molecule has 4 aromatic rings. The molecule has 0 aliphatic heterocycles. The number of benzene rings is 1. The lowest BCUT2D eigenvalue weighted by Gasteiger charge is -2.09. The smallest absolute Gasteiger partial charge is 0.346 e. The Kier molecular flexibility index (Phi) is 3.26. The van der Waals surface area contributed by atoms with Gasteiger partial charge in [0.25, 0.3) is 5.71 Å². The Labute approximate surface area is 137 Å². The van der Waals surface area contributed by atoms with E-state index < -0.39 is 5.63 Å². The van der Waals surface area contributed by atoms with E-state index in [1.807, 2.05) is 26.0 Å². The number of fused-ring (bicyclic) bond motifs is 5. The van der Waals surface area contributed by atoms with Crippen molar-refractivity contribution in [3.8, 4) is 5.75 Å². The van der Waals surface area contributed by atoms with Crippen LogP contribution in [-0.2, 0) is 6.42 Å². The van der Waals surface area contributed by atoms with Gasteiger partial charge in [-0.05, 0) is 19.4 Å². The maximum Gasteiger partial charge on any atom is 0.346 e. The molecule has 0 radical (unpaired) electrons. The molecular weight excluding hydrogens is 308 g/mol. The summed E-state index contributed by atoms with van der Waals surface area (Å²) in [6, 6.07) is 5.54. The van der Waals surface area contributed by atoms with Crippen molar-refractivity contribution >= 4 is 32.8 Å². The predicted molar refractivity (Wildman–Crippen MR) is 90.6 cm³/mol. The van der Waals surface area contributed by atoms with Crippen molar-refractivity contribution in [2.24, 2.45) is 0 Å². The number of ether oxygens (including phenoxy) is 1. The summed E-state index contributed by atoms with van der Waals surface area (Å²) in [7, 11) is 1.55. The highest BCUT2D eigenvalue weighted by Crippen LogP contribution is 2.35. The number of hydrogen-bond donors (Lipinski definition) is 0. The summed E-state index contributed by atoms with van der Waals surface area (Å²) in [5.74, 6) is 0.516. The molecule has 0 spiro atoms. The maximum atomic E-state index is 12.7. The van der Waals surface area contributed by atoms with E-state index in [0.29, 0.717) is 40.2 Å². The van der Waals surface area contributed by atoms with E-state index in [1.54, 1.807) is 13.2 Å². The molecule has 0 aliphatic carbocycles. The molecule has 0 atom stereocenters. The van der Waals surface area contributed by atoms with Crippen LogP contribution in [0.15, 0.2) is 31.9 Å². The van der Waals surface area contributed by atoms with Crippen molar-refractivity contribution < 1.29 is 13.7 Å². The number of hydrogen-bond acceptors (Lipinski definition) is 6. The molecule has 0 bridgehead atoms. The van der Waals surface area contributed by atoms with Gasteiger partial charge in [-0.2, -0.15) is 0 Å². The minimum absolute atomic E-state index is 0.416. The van der Waals surface area contributed by atoms with Crippen LogP contribution >= 0.6 is 0 Å². The molecule has 0 saturated carbocycles. The Morgan fingerprint density at radius 2 is 2.04 bits per heavy atom.